The molecule has 0 amide bonds. The molecule has 2 N–H and O–H groups in total. The van der Waals surface area contributed by atoms with Gasteiger partial charge in [0.05, 0.1) is 6.61 Å². The first-order valence-corrected chi connectivity index (χ1v) is 5.53. The number of nitrogen functional groups attached to an aromatic ring is 1. The van der Waals surface area contributed by atoms with Crippen molar-refractivity contribution < 1.29 is 4.74 Å². The molecule has 0 radical (unpaired) electrons. The summed E-state index contributed by atoms with van der Waals surface area (Å²) < 4.78 is 5.44. The van der Waals surface area contributed by atoms with E-state index >= 15 is 0 Å². The second-order valence-corrected chi connectivity index (χ2v) is 3.72. The molecule has 2 aromatic rings. The topological polar surface area (TPSA) is 61.0 Å². The molecule has 0 aliphatic carbocycles. The summed E-state index contributed by atoms with van der Waals surface area (Å²) >= 11 is 0. The van der Waals surface area contributed by atoms with Gasteiger partial charge in [-0.15, -0.1) is 0 Å². The van der Waals surface area contributed by atoms with E-state index in [0.29, 0.717) is 18.2 Å². The Labute approximate surface area is 100 Å². The van der Waals surface area contributed by atoms with Gasteiger partial charge in [0.2, 0.25) is 0 Å². The number of aryl methyl sites for hydroxylation is 1. The number of anilines is 1. The summed E-state index contributed by atoms with van der Waals surface area (Å²) in [6.45, 7) is 4.48. The van der Waals surface area contributed by atoms with Crippen molar-refractivity contribution in [2.24, 2.45) is 0 Å². The molecular formula is C13H15N3O. The third-order valence-electron chi connectivity index (χ3n) is 2.41. The highest BCUT2D eigenvalue weighted by Gasteiger charge is 2.04. The molecule has 88 valence electrons. The van der Waals surface area contributed by atoms with E-state index in [9.17, 15) is 0 Å². The van der Waals surface area contributed by atoms with Crippen molar-refractivity contribution in [2.75, 3.05) is 12.3 Å². The molecule has 1 aromatic carbocycles. The van der Waals surface area contributed by atoms with Crippen LogP contribution in [-0.2, 0) is 0 Å². The predicted molar refractivity (Wildman–Crippen MR) is 67.8 cm³/mol. The van der Waals surface area contributed by atoms with Gasteiger partial charge in [-0.1, -0.05) is 12.1 Å². The molecular weight excluding hydrogens is 214 g/mol. The van der Waals surface area contributed by atoms with Crippen molar-refractivity contribution in [1.82, 2.24) is 9.97 Å². The second-order valence-electron chi connectivity index (χ2n) is 3.72. The second kappa shape index (κ2) is 4.82. The van der Waals surface area contributed by atoms with Crippen LogP contribution < -0.4 is 10.5 Å². The average molecular weight is 229 g/mol. The van der Waals surface area contributed by atoms with Crippen molar-refractivity contribution in [2.45, 2.75) is 13.8 Å². The van der Waals surface area contributed by atoms with Crippen molar-refractivity contribution in [3.05, 3.63) is 36.0 Å². The van der Waals surface area contributed by atoms with E-state index < -0.39 is 0 Å². The van der Waals surface area contributed by atoms with E-state index in [2.05, 4.69) is 9.97 Å². The molecule has 0 aliphatic rings. The fourth-order valence-electron chi connectivity index (χ4n) is 1.49. The van der Waals surface area contributed by atoms with Gasteiger partial charge in [0.1, 0.15) is 11.6 Å². The minimum atomic E-state index is 0.511. The first-order valence-electron chi connectivity index (χ1n) is 5.53. The van der Waals surface area contributed by atoms with Crippen LogP contribution in [0.4, 0.5) is 5.82 Å². The molecule has 0 unspecified atom stereocenters. The van der Waals surface area contributed by atoms with Gasteiger partial charge in [0.25, 0.3) is 0 Å². The molecule has 1 heterocycles. The van der Waals surface area contributed by atoms with E-state index in [1.807, 2.05) is 38.1 Å². The monoisotopic (exact) mass is 229 g/mol. The van der Waals surface area contributed by atoms with Gasteiger partial charge in [0.15, 0.2) is 5.82 Å². The minimum Gasteiger partial charge on any atom is -0.494 e. The van der Waals surface area contributed by atoms with Crippen LogP contribution in [0, 0.1) is 6.92 Å². The number of aromatic nitrogens is 2. The molecule has 0 bridgehead atoms. The Morgan fingerprint density at radius 3 is 2.88 bits per heavy atom. The van der Waals surface area contributed by atoms with Crippen molar-refractivity contribution in [3.63, 3.8) is 0 Å². The largest absolute Gasteiger partial charge is 0.494 e. The quantitative estimate of drug-likeness (QED) is 0.878. The Morgan fingerprint density at radius 1 is 1.35 bits per heavy atom. The lowest BCUT2D eigenvalue weighted by molar-refractivity contribution is 0.340. The highest BCUT2D eigenvalue weighted by Crippen LogP contribution is 2.22. The van der Waals surface area contributed by atoms with Crippen LogP contribution in [0.3, 0.4) is 0 Å². The van der Waals surface area contributed by atoms with Crippen LogP contribution in [0.5, 0.6) is 5.75 Å². The minimum absolute atomic E-state index is 0.511. The summed E-state index contributed by atoms with van der Waals surface area (Å²) in [5, 5.41) is 0. The standard InChI is InChI=1S/C13H15N3O/c1-3-17-11-6-4-5-10(7-11)13-15-8-9(2)12(14)16-13/h4-8H,3H2,1-2H3,(H2,14,15,16). The molecule has 4 heteroatoms. The summed E-state index contributed by atoms with van der Waals surface area (Å²) in [4.78, 5) is 8.52. The van der Waals surface area contributed by atoms with E-state index in [-0.39, 0.29) is 0 Å². The number of rotatable bonds is 3. The zero-order chi connectivity index (χ0) is 12.3. The number of nitrogens with zero attached hydrogens (tertiary/aromatic N) is 2. The summed E-state index contributed by atoms with van der Waals surface area (Å²) in [6, 6.07) is 7.67. The van der Waals surface area contributed by atoms with Gasteiger partial charge in [-0.2, -0.15) is 0 Å². The smallest absolute Gasteiger partial charge is 0.161 e. The molecule has 0 fully saturated rings. The Balaban J connectivity index is 2.38. The number of benzene rings is 1. The molecule has 0 spiro atoms. The Kier molecular flexibility index (Phi) is 3.23. The van der Waals surface area contributed by atoms with Crippen molar-refractivity contribution >= 4 is 5.82 Å². The van der Waals surface area contributed by atoms with Crippen LogP contribution in [-0.4, -0.2) is 16.6 Å². The van der Waals surface area contributed by atoms with E-state index in [1.54, 1.807) is 6.20 Å². The lowest BCUT2D eigenvalue weighted by Gasteiger charge is -2.06. The normalized spacial score (nSPS) is 10.2. The molecule has 0 aliphatic heterocycles. The number of hydrogen-bond donors (Lipinski definition) is 1. The number of ether oxygens (including phenoxy) is 1. The molecule has 1 aromatic heterocycles. The van der Waals surface area contributed by atoms with Gasteiger partial charge in [-0.3, -0.25) is 0 Å². The lowest BCUT2D eigenvalue weighted by Crippen LogP contribution is -1.98. The fourth-order valence-corrected chi connectivity index (χ4v) is 1.49. The summed E-state index contributed by atoms with van der Waals surface area (Å²) in [5.41, 5.74) is 7.56. The molecule has 17 heavy (non-hydrogen) atoms. The zero-order valence-electron chi connectivity index (χ0n) is 9.97. The van der Waals surface area contributed by atoms with Gasteiger partial charge in [-0.05, 0) is 26.0 Å². The Morgan fingerprint density at radius 2 is 2.18 bits per heavy atom. The van der Waals surface area contributed by atoms with Crippen LogP contribution >= 0.6 is 0 Å². The van der Waals surface area contributed by atoms with Crippen molar-refractivity contribution in [1.29, 1.82) is 0 Å². The van der Waals surface area contributed by atoms with E-state index in [0.717, 1.165) is 16.9 Å². The average Bonchev–Trinajstić information content (AvgIpc) is 2.33. The van der Waals surface area contributed by atoms with Crippen LogP contribution in [0.15, 0.2) is 30.5 Å². The maximum Gasteiger partial charge on any atom is 0.161 e. The maximum atomic E-state index is 5.77. The summed E-state index contributed by atoms with van der Waals surface area (Å²) in [6.07, 6.45) is 1.73. The summed E-state index contributed by atoms with van der Waals surface area (Å²) in [7, 11) is 0. The molecule has 2 rings (SSSR count). The molecule has 0 atom stereocenters. The van der Waals surface area contributed by atoms with Crippen LogP contribution in [0.25, 0.3) is 11.4 Å². The molecule has 0 saturated heterocycles. The lowest BCUT2D eigenvalue weighted by atomic mass is 10.2. The first kappa shape index (κ1) is 11.4. The molecule has 0 saturated carbocycles. The summed E-state index contributed by atoms with van der Waals surface area (Å²) in [5.74, 6) is 1.94. The van der Waals surface area contributed by atoms with Crippen molar-refractivity contribution in [3.8, 4) is 17.1 Å². The third-order valence-corrected chi connectivity index (χ3v) is 2.41. The molecule has 4 nitrogen and oxygen atoms in total. The zero-order valence-corrected chi connectivity index (χ0v) is 9.97. The van der Waals surface area contributed by atoms with Gasteiger partial charge < -0.3 is 10.5 Å². The van der Waals surface area contributed by atoms with Gasteiger partial charge in [-0.25, -0.2) is 9.97 Å². The fraction of sp³-hybridized carbons (Fsp3) is 0.231. The van der Waals surface area contributed by atoms with Crippen LogP contribution in [0.1, 0.15) is 12.5 Å². The van der Waals surface area contributed by atoms with Crippen LogP contribution in [0.2, 0.25) is 0 Å². The predicted octanol–water partition coefficient (Wildman–Crippen LogP) is 2.43. The number of hydrogen-bond acceptors (Lipinski definition) is 4. The Bertz CT molecular complexity index is 526. The van der Waals surface area contributed by atoms with E-state index in [1.165, 1.54) is 0 Å². The number of nitrogens with two attached hydrogens (primary N) is 1. The SMILES string of the molecule is CCOc1cccc(-c2ncc(C)c(N)n2)c1. The third kappa shape index (κ3) is 2.53. The van der Waals surface area contributed by atoms with E-state index in [4.69, 9.17) is 10.5 Å². The highest BCUT2D eigenvalue weighted by molar-refractivity contribution is 5.59. The maximum absolute atomic E-state index is 5.77. The Hall–Kier alpha value is -2.10. The van der Waals surface area contributed by atoms with Gasteiger partial charge in [0, 0.05) is 17.3 Å². The van der Waals surface area contributed by atoms with Gasteiger partial charge >= 0.3 is 0 Å². The first-order chi connectivity index (χ1) is 8.20. The highest BCUT2D eigenvalue weighted by atomic mass is 16.5.